The van der Waals surface area contributed by atoms with Crippen LogP contribution in [0, 0.1) is 17.6 Å². The molecule has 21 heavy (non-hydrogen) atoms. The number of hydrogen-bond acceptors (Lipinski definition) is 2. The normalized spacial score (nSPS) is 30.4. The van der Waals surface area contributed by atoms with Gasteiger partial charge in [-0.15, -0.1) is 0 Å². The Bertz CT molecular complexity index is 518. The molecule has 5 heteroatoms. The smallest absolute Gasteiger partial charge is 0.236 e. The van der Waals surface area contributed by atoms with Crippen molar-refractivity contribution >= 4 is 0 Å². The maximum atomic E-state index is 14.0. The summed E-state index contributed by atoms with van der Waals surface area (Å²) < 4.78 is 51.2. The van der Waals surface area contributed by atoms with E-state index < -0.39 is 18.0 Å². The predicted molar refractivity (Wildman–Crippen MR) is 74.1 cm³/mol. The van der Waals surface area contributed by atoms with Gasteiger partial charge in [0.05, 0.1) is 12.2 Å². The van der Waals surface area contributed by atoms with Crippen molar-refractivity contribution in [3.05, 3.63) is 29.3 Å². The highest BCUT2D eigenvalue weighted by Gasteiger charge is 2.44. The van der Waals surface area contributed by atoms with E-state index in [-0.39, 0.29) is 23.2 Å². The SMILES string of the molecule is CC[C@]1(C)OC[C@@H](c2ccc(F)c(F)c2OC(C)F)[C@@H]1C. The van der Waals surface area contributed by atoms with Gasteiger partial charge in [-0.2, -0.15) is 4.39 Å². The molecule has 1 aromatic carbocycles. The Morgan fingerprint density at radius 3 is 2.62 bits per heavy atom. The maximum absolute atomic E-state index is 14.0. The van der Waals surface area contributed by atoms with Crippen molar-refractivity contribution in [1.82, 2.24) is 0 Å². The Labute approximate surface area is 123 Å². The lowest BCUT2D eigenvalue weighted by atomic mass is 9.78. The van der Waals surface area contributed by atoms with E-state index in [0.29, 0.717) is 12.2 Å². The second kappa shape index (κ2) is 5.87. The average molecular weight is 302 g/mol. The van der Waals surface area contributed by atoms with Gasteiger partial charge in [0.1, 0.15) is 0 Å². The molecular weight excluding hydrogens is 281 g/mol. The lowest BCUT2D eigenvalue weighted by molar-refractivity contribution is -0.00444. The highest BCUT2D eigenvalue weighted by Crippen LogP contribution is 2.46. The van der Waals surface area contributed by atoms with Crippen molar-refractivity contribution in [1.29, 1.82) is 0 Å². The Kier molecular flexibility index (Phi) is 4.51. The first kappa shape index (κ1) is 16.1. The summed E-state index contributed by atoms with van der Waals surface area (Å²) in [6.07, 6.45) is -0.903. The van der Waals surface area contributed by atoms with E-state index in [4.69, 9.17) is 9.47 Å². The summed E-state index contributed by atoms with van der Waals surface area (Å²) in [5.74, 6) is -2.59. The predicted octanol–water partition coefficient (Wildman–Crippen LogP) is 4.58. The van der Waals surface area contributed by atoms with Crippen LogP contribution in [0.25, 0.3) is 0 Å². The van der Waals surface area contributed by atoms with Gasteiger partial charge in [0.25, 0.3) is 0 Å². The van der Waals surface area contributed by atoms with Gasteiger partial charge in [0.2, 0.25) is 12.2 Å². The molecule has 1 heterocycles. The van der Waals surface area contributed by atoms with Gasteiger partial charge in [-0.25, -0.2) is 8.78 Å². The first-order valence-electron chi connectivity index (χ1n) is 7.22. The fourth-order valence-electron chi connectivity index (χ4n) is 2.89. The van der Waals surface area contributed by atoms with Crippen molar-refractivity contribution in [2.24, 2.45) is 5.92 Å². The fraction of sp³-hybridized carbons (Fsp3) is 0.625. The van der Waals surface area contributed by atoms with Crippen molar-refractivity contribution in [2.45, 2.75) is 52.0 Å². The van der Waals surface area contributed by atoms with Crippen LogP contribution < -0.4 is 4.74 Å². The number of halogens is 3. The molecule has 0 N–H and O–H groups in total. The minimum absolute atomic E-state index is 0.0876. The second-order valence-electron chi connectivity index (χ2n) is 5.81. The molecule has 1 saturated heterocycles. The molecule has 1 aromatic rings. The van der Waals surface area contributed by atoms with Gasteiger partial charge in [0, 0.05) is 18.4 Å². The van der Waals surface area contributed by atoms with E-state index in [0.717, 1.165) is 19.4 Å². The molecule has 1 unspecified atom stereocenters. The zero-order valence-electron chi connectivity index (χ0n) is 12.8. The van der Waals surface area contributed by atoms with Gasteiger partial charge in [-0.05, 0) is 25.3 Å². The minimum atomic E-state index is -1.71. The van der Waals surface area contributed by atoms with E-state index >= 15 is 0 Å². The van der Waals surface area contributed by atoms with Gasteiger partial charge in [-0.1, -0.05) is 19.9 Å². The van der Waals surface area contributed by atoms with Gasteiger partial charge in [0.15, 0.2) is 11.6 Å². The standard InChI is InChI=1S/C16H21F3O2/c1-5-16(4)9(2)12(8-20-16)11-6-7-13(18)14(19)15(11)21-10(3)17/h6-7,9-10,12H,5,8H2,1-4H3/t9-,10?,12+,16-/m0/s1. The third-order valence-electron chi connectivity index (χ3n) is 4.62. The van der Waals surface area contributed by atoms with Crippen LogP contribution in [0.4, 0.5) is 13.2 Å². The quantitative estimate of drug-likeness (QED) is 0.810. The summed E-state index contributed by atoms with van der Waals surface area (Å²) in [6, 6.07) is 2.51. The van der Waals surface area contributed by atoms with Crippen LogP contribution in [0.2, 0.25) is 0 Å². The fourth-order valence-corrected chi connectivity index (χ4v) is 2.89. The molecule has 0 aromatic heterocycles. The monoisotopic (exact) mass is 302 g/mol. The molecule has 0 saturated carbocycles. The number of benzene rings is 1. The maximum Gasteiger partial charge on any atom is 0.236 e. The summed E-state index contributed by atoms with van der Waals surface area (Å²) >= 11 is 0. The Morgan fingerprint density at radius 1 is 1.43 bits per heavy atom. The lowest BCUT2D eigenvalue weighted by Crippen LogP contribution is -2.30. The summed E-state index contributed by atoms with van der Waals surface area (Å²) in [5, 5.41) is 0. The molecule has 1 aliphatic rings. The number of rotatable bonds is 4. The van der Waals surface area contributed by atoms with E-state index in [2.05, 4.69) is 0 Å². The van der Waals surface area contributed by atoms with Crippen LogP contribution in [0.5, 0.6) is 5.75 Å². The van der Waals surface area contributed by atoms with E-state index in [1.165, 1.54) is 6.07 Å². The number of alkyl halides is 1. The first-order valence-corrected chi connectivity index (χ1v) is 7.22. The summed E-state index contributed by atoms with van der Waals surface area (Å²) in [6.45, 7) is 7.54. The van der Waals surface area contributed by atoms with E-state index in [1.54, 1.807) is 0 Å². The van der Waals surface area contributed by atoms with Crippen molar-refractivity contribution < 1.29 is 22.6 Å². The van der Waals surface area contributed by atoms with Gasteiger partial charge >= 0.3 is 0 Å². The highest BCUT2D eigenvalue weighted by atomic mass is 19.2. The summed E-state index contributed by atoms with van der Waals surface area (Å²) in [4.78, 5) is 0. The zero-order valence-corrected chi connectivity index (χ0v) is 12.8. The van der Waals surface area contributed by atoms with Crippen LogP contribution in [0.15, 0.2) is 12.1 Å². The molecule has 0 spiro atoms. The van der Waals surface area contributed by atoms with Gasteiger partial charge in [-0.3, -0.25) is 0 Å². The third kappa shape index (κ3) is 2.89. The van der Waals surface area contributed by atoms with Crippen LogP contribution in [0.1, 0.15) is 45.6 Å². The molecule has 0 amide bonds. The topological polar surface area (TPSA) is 18.5 Å². The molecule has 0 aliphatic carbocycles. The van der Waals surface area contributed by atoms with Crippen LogP contribution >= 0.6 is 0 Å². The zero-order chi connectivity index (χ0) is 15.8. The number of hydrogen-bond donors (Lipinski definition) is 0. The van der Waals surface area contributed by atoms with Crippen LogP contribution in [-0.4, -0.2) is 18.6 Å². The molecule has 1 aliphatic heterocycles. The van der Waals surface area contributed by atoms with Crippen molar-refractivity contribution in [2.75, 3.05) is 6.61 Å². The first-order chi connectivity index (χ1) is 9.80. The van der Waals surface area contributed by atoms with Crippen molar-refractivity contribution in [3.63, 3.8) is 0 Å². The molecule has 4 atom stereocenters. The summed E-state index contributed by atoms with van der Waals surface area (Å²) in [5.41, 5.74) is 0.136. The molecule has 0 bridgehead atoms. The highest BCUT2D eigenvalue weighted by molar-refractivity contribution is 5.40. The molecule has 2 rings (SSSR count). The minimum Gasteiger partial charge on any atom is -0.457 e. The van der Waals surface area contributed by atoms with E-state index in [1.807, 2.05) is 20.8 Å². The summed E-state index contributed by atoms with van der Waals surface area (Å²) in [7, 11) is 0. The Hall–Kier alpha value is -1.23. The molecule has 118 valence electrons. The van der Waals surface area contributed by atoms with Gasteiger partial charge < -0.3 is 9.47 Å². The largest absolute Gasteiger partial charge is 0.457 e. The van der Waals surface area contributed by atoms with E-state index in [9.17, 15) is 13.2 Å². The van der Waals surface area contributed by atoms with Crippen LogP contribution in [-0.2, 0) is 4.74 Å². The Morgan fingerprint density at radius 2 is 2.10 bits per heavy atom. The molecule has 0 radical (unpaired) electrons. The molecular formula is C16H21F3O2. The van der Waals surface area contributed by atoms with Crippen LogP contribution in [0.3, 0.4) is 0 Å². The molecule has 2 nitrogen and oxygen atoms in total. The van der Waals surface area contributed by atoms with Crippen molar-refractivity contribution in [3.8, 4) is 5.75 Å². The molecule has 1 fully saturated rings. The third-order valence-corrected chi connectivity index (χ3v) is 4.62. The Balaban J connectivity index is 2.43. The second-order valence-corrected chi connectivity index (χ2v) is 5.81. The lowest BCUT2D eigenvalue weighted by Gasteiger charge is -2.29. The average Bonchev–Trinajstić information content (AvgIpc) is 2.73. The number of ether oxygens (including phenoxy) is 2.